The fourth-order valence-corrected chi connectivity index (χ4v) is 2.42. The van der Waals surface area contributed by atoms with Crippen molar-refractivity contribution >= 4 is 30.7 Å². The van der Waals surface area contributed by atoms with E-state index >= 15 is 0 Å². The predicted octanol–water partition coefficient (Wildman–Crippen LogP) is -0.897. The number of hydrogen-bond donors (Lipinski definition) is 6. The Labute approximate surface area is 154 Å². The highest BCUT2D eigenvalue weighted by Crippen LogP contribution is 2.08. The highest BCUT2D eigenvalue weighted by Gasteiger charge is 2.35. The summed E-state index contributed by atoms with van der Waals surface area (Å²) in [5.74, 6) is -0.286. The van der Waals surface area contributed by atoms with Crippen molar-refractivity contribution in [3.05, 3.63) is 35.9 Å². The van der Waals surface area contributed by atoms with Crippen LogP contribution in [0.1, 0.15) is 12.5 Å². The Kier molecular flexibility index (Phi) is 10.4. The molecule has 1 aromatic rings. The van der Waals surface area contributed by atoms with E-state index in [1.165, 1.54) is 0 Å². The number of aliphatic hydroxyl groups excluding tert-OH is 2. The molecule has 1 aliphatic heterocycles. The first kappa shape index (κ1) is 23.1. The highest BCUT2D eigenvalue weighted by atomic mass is 35.5. The molecular formula is C15H26Cl2N4O3. The van der Waals surface area contributed by atoms with Crippen LogP contribution in [0.2, 0.25) is 0 Å². The van der Waals surface area contributed by atoms with E-state index in [0.29, 0.717) is 6.42 Å². The van der Waals surface area contributed by atoms with Crippen LogP contribution in [0.25, 0.3) is 0 Å². The molecular weight excluding hydrogens is 355 g/mol. The fourth-order valence-electron chi connectivity index (χ4n) is 2.42. The minimum absolute atomic E-state index is 0. The van der Waals surface area contributed by atoms with Gasteiger partial charge in [0.2, 0.25) is 5.91 Å². The SMILES string of the molecule is C[C@H]1NN[C@@H](CNC(=O)[C@@H](N)Cc2ccccc2)[C@H](O)[C@@H]1O.Cl.Cl. The Morgan fingerprint density at radius 3 is 2.46 bits per heavy atom. The number of rotatable bonds is 5. The molecule has 24 heavy (non-hydrogen) atoms. The zero-order valence-corrected chi connectivity index (χ0v) is 15.0. The number of carbonyl (C=O) groups is 1. The molecule has 138 valence electrons. The smallest absolute Gasteiger partial charge is 0.237 e. The number of nitrogens with one attached hydrogen (secondary N) is 3. The van der Waals surface area contributed by atoms with Crippen molar-refractivity contribution in [3.8, 4) is 0 Å². The van der Waals surface area contributed by atoms with Crippen molar-refractivity contribution in [2.45, 2.75) is 43.7 Å². The number of carbonyl (C=O) groups excluding carboxylic acids is 1. The summed E-state index contributed by atoms with van der Waals surface area (Å²) in [6.07, 6.45) is -1.39. The van der Waals surface area contributed by atoms with Crippen molar-refractivity contribution in [1.29, 1.82) is 0 Å². The number of benzene rings is 1. The first-order chi connectivity index (χ1) is 10.5. The van der Waals surface area contributed by atoms with E-state index < -0.39 is 24.3 Å². The van der Waals surface area contributed by atoms with Gasteiger partial charge in [-0.15, -0.1) is 24.8 Å². The van der Waals surface area contributed by atoms with E-state index in [4.69, 9.17) is 5.73 Å². The van der Waals surface area contributed by atoms with Crippen LogP contribution in [-0.2, 0) is 11.2 Å². The van der Waals surface area contributed by atoms with Crippen LogP contribution in [0.4, 0.5) is 0 Å². The molecule has 1 fully saturated rings. The van der Waals surface area contributed by atoms with Crippen LogP contribution in [0.15, 0.2) is 30.3 Å². The normalized spacial score (nSPS) is 27.3. The molecule has 0 bridgehead atoms. The second kappa shape index (κ2) is 10.8. The van der Waals surface area contributed by atoms with Gasteiger partial charge in [0.05, 0.1) is 24.3 Å². The third-order valence-corrected chi connectivity index (χ3v) is 3.90. The van der Waals surface area contributed by atoms with Crippen LogP contribution >= 0.6 is 24.8 Å². The van der Waals surface area contributed by atoms with Gasteiger partial charge in [0, 0.05) is 12.6 Å². The lowest BCUT2D eigenvalue weighted by atomic mass is 9.98. The first-order valence-electron chi connectivity index (χ1n) is 7.43. The lowest BCUT2D eigenvalue weighted by molar-refractivity contribution is -0.123. The summed E-state index contributed by atoms with van der Waals surface area (Å²) >= 11 is 0. The average molecular weight is 381 g/mol. The number of aliphatic hydroxyl groups is 2. The predicted molar refractivity (Wildman–Crippen MR) is 97.2 cm³/mol. The Bertz CT molecular complexity index is 495. The summed E-state index contributed by atoms with van der Waals surface area (Å²) in [5.41, 5.74) is 12.6. The molecule has 0 unspecified atom stereocenters. The number of halogens is 2. The zero-order valence-electron chi connectivity index (χ0n) is 13.4. The van der Waals surface area contributed by atoms with Gasteiger partial charge in [0.25, 0.3) is 0 Å². The second-order valence-corrected chi connectivity index (χ2v) is 5.71. The van der Waals surface area contributed by atoms with E-state index in [9.17, 15) is 15.0 Å². The Hall–Kier alpha value is -0.930. The lowest BCUT2D eigenvalue weighted by Crippen LogP contribution is -2.67. The maximum atomic E-state index is 12.0. The summed E-state index contributed by atoms with van der Waals surface area (Å²) < 4.78 is 0. The maximum absolute atomic E-state index is 12.0. The Morgan fingerprint density at radius 2 is 1.83 bits per heavy atom. The van der Waals surface area contributed by atoms with Gasteiger partial charge in [-0.1, -0.05) is 30.3 Å². The first-order valence-corrected chi connectivity index (χ1v) is 7.43. The minimum Gasteiger partial charge on any atom is -0.389 e. The molecule has 0 spiro atoms. The number of hydrazine groups is 1. The third kappa shape index (κ3) is 6.18. The van der Waals surface area contributed by atoms with Crippen molar-refractivity contribution in [2.24, 2.45) is 5.73 Å². The number of amides is 1. The standard InChI is InChI=1S/C15H24N4O3.2ClH/c1-9-13(20)14(21)12(19-18-9)8-17-15(22)11(16)7-10-5-3-2-4-6-10;;/h2-6,9,11-14,18-21H,7-8,16H2,1H3,(H,17,22);2*1H/t9-,11+,12+,13-,14+;;/m1../s1. The van der Waals surface area contributed by atoms with Crippen LogP contribution < -0.4 is 21.9 Å². The average Bonchev–Trinajstić information content (AvgIpc) is 2.52. The van der Waals surface area contributed by atoms with Gasteiger partial charge in [-0.05, 0) is 18.9 Å². The molecule has 1 heterocycles. The summed E-state index contributed by atoms with van der Waals surface area (Å²) in [7, 11) is 0. The molecule has 1 amide bonds. The van der Waals surface area contributed by atoms with E-state index in [2.05, 4.69) is 16.2 Å². The quantitative estimate of drug-likeness (QED) is 0.394. The molecule has 0 aromatic heterocycles. The Balaban J connectivity index is 0.00000264. The van der Waals surface area contributed by atoms with Gasteiger partial charge in [-0.25, -0.2) is 5.43 Å². The fraction of sp³-hybridized carbons (Fsp3) is 0.533. The van der Waals surface area contributed by atoms with Gasteiger partial charge in [0.1, 0.15) is 0 Å². The van der Waals surface area contributed by atoms with Crippen molar-refractivity contribution < 1.29 is 15.0 Å². The van der Waals surface area contributed by atoms with Crippen LogP contribution in [0.3, 0.4) is 0 Å². The van der Waals surface area contributed by atoms with Crippen molar-refractivity contribution in [2.75, 3.05) is 6.54 Å². The largest absolute Gasteiger partial charge is 0.389 e. The second-order valence-electron chi connectivity index (χ2n) is 5.71. The third-order valence-electron chi connectivity index (χ3n) is 3.90. The molecule has 1 aliphatic rings. The van der Waals surface area contributed by atoms with E-state index in [-0.39, 0.29) is 43.3 Å². The molecule has 5 atom stereocenters. The van der Waals surface area contributed by atoms with Gasteiger partial charge in [-0.3, -0.25) is 10.2 Å². The summed E-state index contributed by atoms with van der Waals surface area (Å²) in [4.78, 5) is 12.0. The number of hydrogen-bond acceptors (Lipinski definition) is 6. The zero-order chi connectivity index (χ0) is 16.1. The van der Waals surface area contributed by atoms with Crippen LogP contribution in [-0.4, -0.2) is 53.0 Å². The summed E-state index contributed by atoms with van der Waals surface area (Å²) in [6, 6.07) is 8.15. The minimum atomic E-state index is -0.957. The van der Waals surface area contributed by atoms with Crippen molar-refractivity contribution in [3.63, 3.8) is 0 Å². The van der Waals surface area contributed by atoms with Crippen LogP contribution in [0.5, 0.6) is 0 Å². The monoisotopic (exact) mass is 380 g/mol. The molecule has 9 heteroatoms. The van der Waals surface area contributed by atoms with Gasteiger partial charge in [0.15, 0.2) is 0 Å². The van der Waals surface area contributed by atoms with Crippen molar-refractivity contribution in [1.82, 2.24) is 16.2 Å². The molecule has 1 saturated heterocycles. The van der Waals surface area contributed by atoms with E-state index in [1.807, 2.05) is 30.3 Å². The molecule has 7 nitrogen and oxygen atoms in total. The maximum Gasteiger partial charge on any atom is 0.237 e. The number of nitrogens with two attached hydrogens (primary N) is 1. The van der Waals surface area contributed by atoms with Gasteiger partial charge < -0.3 is 21.3 Å². The van der Waals surface area contributed by atoms with E-state index in [1.54, 1.807) is 6.92 Å². The molecule has 0 saturated carbocycles. The molecule has 2 rings (SSSR count). The molecule has 7 N–H and O–H groups in total. The molecule has 0 radical (unpaired) electrons. The Morgan fingerprint density at radius 1 is 1.21 bits per heavy atom. The van der Waals surface area contributed by atoms with Gasteiger partial charge in [-0.2, -0.15) is 0 Å². The lowest BCUT2D eigenvalue weighted by Gasteiger charge is -2.37. The van der Waals surface area contributed by atoms with Gasteiger partial charge >= 0.3 is 0 Å². The summed E-state index contributed by atoms with van der Waals surface area (Å²) in [6.45, 7) is 1.94. The van der Waals surface area contributed by atoms with Crippen LogP contribution in [0, 0.1) is 0 Å². The summed E-state index contributed by atoms with van der Waals surface area (Å²) in [5, 5.41) is 22.5. The topological polar surface area (TPSA) is 120 Å². The molecule has 0 aliphatic carbocycles. The van der Waals surface area contributed by atoms with E-state index in [0.717, 1.165) is 5.56 Å². The highest BCUT2D eigenvalue weighted by molar-refractivity contribution is 5.85. The molecule has 1 aromatic carbocycles.